The molecule has 0 saturated carbocycles. The van der Waals surface area contributed by atoms with Crippen LogP contribution >= 0.6 is 23.2 Å². The van der Waals surface area contributed by atoms with Gasteiger partial charge in [0.15, 0.2) is 0 Å². The Morgan fingerprint density at radius 2 is 1.87 bits per heavy atom. The number of amides is 1. The summed E-state index contributed by atoms with van der Waals surface area (Å²) in [5, 5.41) is 8.08. The number of carbonyl (C=O) groups is 1. The van der Waals surface area contributed by atoms with Gasteiger partial charge in [-0.05, 0) is 30.3 Å². The van der Waals surface area contributed by atoms with E-state index in [1.165, 1.54) is 4.90 Å². The van der Waals surface area contributed by atoms with Crippen LogP contribution in [0.3, 0.4) is 0 Å². The SMILES string of the molecule is CN(C(=O)c1cc(-c2cccc(Cl)c2)n[nH]1)c1ccccc1Cl. The zero-order chi connectivity index (χ0) is 16.4. The summed E-state index contributed by atoms with van der Waals surface area (Å²) in [5.74, 6) is -0.223. The van der Waals surface area contributed by atoms with Crippen LogP contribution in [0.1, 0.15) is 10.5 Å². The molecule has 4 nitrogen and oxygen atoms in total. The van der Waals surface area contributed by atoms with E-state index in [-0.39, 0.29) is 5.91 Å². The Kier molecular flexibility index (Phi) is 4.37. The summed E-state index contributed by atoms with van der Waals surface area (Å²) in [4.78, 5) is 14.1. The van der Waals surface area contributed by atoms with Gasteiger partial charge in [0.25, 0.3) is 5.91 Å². The Bertz CT molecular complexity index is 860. The summed E-state index contributed by atoms with van der Waals surface area (Å²) >= 11 is 12.1. The second-order valence-corrected chi connectivity index (χ2v) is 5.84. The Labute approximate surface area is 143 Å². The first-order chi connectivity index (χ1) is 11.1. The number of H-pyrrole nitrogens is 1. The first kappa shape index (κ1) is 15.6. The van der Waals surface area contributed by atoms with Crippen molar-refractivity contribution >= 4 is 34.8 Å². The zero-order valence-corrected chi connectivity index (χ0v) is 13.8. The molecule has 116 valence electrons. The molecule has 6 heteroatoms. The van der Waals surface area contributed by atoms with Crippen LogP contribution in [0.15, 0.2) is 54.6 Å². The monoisotopic (exact) mass is 345 g/mol. The highest BCUT2D eigenvalue weighted by Gasteiger charge is 2.18. The lowest BCUT2D eigenvalue weighted by molar-refractivity contribution is 0.0988. The molecule has 0 saturated heterocycles. The van der Waals surface area contributed by atoms with Gasteiger partial charge in [0, 0.05) is 17.6 Å². The minimum Gasteiger partial charge on any atom is -0.309 e. The third-order valence-electron chi connectivity index (χ3n) is 3.45. The topological polar surface area (TPSA) is 49.0 Å². The summed E-state index contributed by atoms with van der Waals surface area (Å²) in [5.41, 5.74) is 2.51. The third-order valence-corrected chi connectivity index (χ3v) is 4.00. The van der Waals surface area contributed by atoms with Crippen LogP contribution in [0, 0.1) is 0 Å². The molecule has 0 aliphatic heterocycles. The molecule has 3 aromatic rings. The molecule has 0 atom stereocenters. The van der Waals surface area contributed by atoms with Gasteiger partial charge in [-0.2, -0.15) is 5.10 Å². The van der Waals surface area contributed by atoms with E-state index in [0.29, 0.717) is 27.1 Å². The molecule has 0 aliphatic rings. The van der Waals surface area contributed by atoms with Crippen LogP contribution in [-0.4, -0.2) is 23.2 Å². The molecule has 23 heavy (non-hydrogen) atoms. The molecule has 2 aromatic carbocycles. The quantitative estimate of drug-likeness (QED) is 0.750. The Morgan fingerprint density at radius 3 is 2.61 bits per heavy atom. The molecule has 0 spiro atoms. The van der Waals surface area contributed by atoms with Crippen LogP contribution in [-0.2, 0) is 0 Å². The number of nitrogens with one attached hydrogen (secondary N) is 1. The van der Waals surface area contributed by atoms with E-state index in [9.17, 15) is 4.79 Å². The highest BCUT2D eigenvalue weighted by Crippen LogP contribution is 2.26. The lowest BCUT2D eigenvalue weighted by Crippen LogP contribution is -2.26. The first-order valence-electron chi connectivity index (χ1n) is 6.90. The maximum atomic E-state index is 12.6. The van der Waals surface area contributed by atoms with Gasteiger partial charge in [0.2, 0.25) is 0 Å². The van der Waals surface area contributed by atoms with Crippen LogP contribution in [0.25, 0.3) is 11.3 Å². The van der Waals surface area contributed by atoms with Crippen LogP contribution < -0.4 is 4.90 Å². The Morgan fingerprint density at radius 1 is 1.09 bits per heavy atom. The average molecular weight is 346 g/mol. The van der Waals surface area contributed by atoms with Crippen molar-refractivity contribution in [1.29, 1.82) is 0 Å². The fourth-order valence-corrected chi connectivity index (χ4v) is 2.69. The number of rotatable bonds is 3. The number of hydrogen-bond acceptors (Lipinski definition) is 2. The van der Waals surface area contributed by atoms with E-state index >= 15 is 0 Å². The highest BCUT2D eigenvalue weighted by molar-refractivity contribution is 6.34. The molecular weight excluding hydrogens is 333 g/mol. The van der Waals surface area contributed by atoms with Gasteiger partial charge in [-0.3, -0.25) is 9.89 Å². The van der Waals surface area contributed by atoms with E-state index < -0.39 is 0 Å². The van der Waals surface area contributed by atoms with Crippen LogP contribution in [0.4, 0.5) is 5.69 Å². The minimum absolute atomic E-state index is 0.223. The fourth-order valence-electron chi connectivity index (χ4n) is 2.24. The average Bonchev–Trinajstić information content (AvgIpc) is 3.04. The van der Waals surface area contributed by atoms with Crippen molar-refractivity contribution in [2.24, 2.45) is 0 Å². The molecule has 0 unspecified atom stereocenters. The van der Waals surface area contributed by atoms with Gasteiger partial charge in [0.1, 0.15) is 5.69 Å². The van der Waals surface area contributed by atoms with E-state index in [1.807, 2.05) is 24.3 Å². The summed E-state index contributed by atoms with van der Waals surface area (Å²) < 4.78 is 0. The Hall–Kier alpha value is -2.30. The van der Waals surface area contributed by atoms with E-state index in [0.717, 1.165) is 5.56 Å². The smallest absolute Gasteiger partial charge is 0.276 e. The van der Waals surface area contributed by atoms with E-state index in [4.69, 9.17) is 23.2 Å². The second kappa shape index (κ2) is 6.44. The Balaban J connectivity index is 1.88. The summed E-state index contributed by atoms with van der Waals surface area (Å²) in [6, 6.07) is 16.2. The first-order valence-corrected chi connectivity index (χ1v) is 7.66. The predicted octanol–water partition coefficient (Wildman–Crippen LogP) is 4.66. The lowest BCUT2D eigenvalue weighted by Gasteiger charge is -2.17. The summed E-state index contributed by atoms with van der Waals surface area (Å²) in [7, 11) is 1.67. The molecule has 3 rings (SSSR count). The number of halogens is 2. The molecule has 1 N–H and O–H groups in total. The van der Waals surface area contributed by atoms with Crippen LogP contribution in [0.2, 0.25) is 10.0 Å². The van der Waals surface area contributed by atoms with Crippen molar-refractivity contribution in [3.05, 3.63) is 70.3 Å². The summed E-state index contributed by atoms with van der Waals surface area (Å²) in [6.45, 7) is 0. The largest absolute Gasteiger partial charge is 0.309 e. The van der Waals surface area contributed by atoms with Crippen molar-refractivity contribution in [1.82, 2.24) is 10.2 Å². The molecule has 1 amide bonds. The highest BCUT2D eigenvalue weighted by atomic mass is 35.5. The maximum Gasteiger partial charge on any atom is 0.276 e. The van der Waals surface area contributed by atoms with Crippen molar-refractivity contribution in [2.75, 3.05) is 11.9 Å². The molecule has 1 aromatic heterocycles. The van der Waals surface area contributed by atoms with Gasteiger partial charge in [0.05, 0.1) is 16.4 Å². The number of anilines is 1. The number of aromatic nitrogens is 2. The van der Waals surface area contributed by atoms with Crippen molar-refractivity contribution in [2.45, 2.75) is 0 Å². The number of para-hydroxylation sites is 1. The number of nitrogens with zero attached hydrogens (tertiary/aromatic N) is 2. The lowest BCUT2D eigenvalue weighted by atomic mass is 10.1. The van der Waals surface area contributed by atoms with Gasteiger partial charge < -0.3 is 4.90 Å². The van der Waals surface area contributed by atoms with Crippen molar-refractivity contribution in [3.63, 3.8) is 0 Å². The second-order valence-electron chi connectivity index (χ2n) is 4.99. The van der Waals surface area contributed by atoms with Gasteiger partial charge in [-0.15, -0.1) is 0 Å². The maximum absolute atomic E-state index is 12.6. The molecule has 1 heterocycles. The number of aromatic amines is 1. The fraction of sp³-hybridized carbons (Fsp3) is 0.0588. The number of benzene rings is 2. The molecule has 0 radical (unpaired) electrons. The molecule has 0 bridgehead atoms. The normalized spacial score (nSPS) is 10.6. The molecule has 0 aliphatic carbocycles. The third kappa shape index (κ3) is 3.23. The molecular formula is C17H13Cl2N3O. The molecule has 0 fully saturated rings. The van der Waals surface area contributed by atoms with E-state index in [1.54, 1.807) is 37.4 Å². The van der Waals surface area contributed by atoms with Crippen molar-refractivity contribution in [3.8, 4) is 11.3 Å². The van der Waals surface area contributed by atoms with Gasteiger partial charge >= 0.3 is 0 Å². The van der Waals surface area contributed by atoms with Crippen molar-refractivity contribution < 1.29 is 4.79 Å². The predicted molar refractivity (Wildman–Crippen MR) is 93.2 cm³/mol. The minimum atomic E-state index is -0.223. The van der Waals surface area contributed by atoms with E-state index in [2.05, 4.69) is 10.2 Å². The van der Waals surface area contributed by atoms with Crippen LogP contribution in [0.5, 0.6) is 0 Å². The summed E-state index contributed by atoms with van der Waals surface area (Å²) in [6.07, 6.45) is 0. The standard InChI is InChI=1S/C17H13Cl2N3O/c1-22(16-8-3-2-7-13(16)19)17(23)15-10-14(20-21-15)11-5-4-6-12(18)9-11/h2-10H,1H3,(H,20,21). The number of carbonyl (C=O) groups excluding carboxylic acids is 1. The number of hydrogen-bond donors (Lipinski definition) is 1. The zero-order valence-electron chi connectivity index (χ0n) is 12.3. The van der Waals surface area contributed by atoms with Gasteiger partial charge in [-0.25, -0.2) is 0 Å². The van der Waals surface area contributed by atoms with Gasteiger partial charge in [-0.1, -0.05) is 47.5 Å².